The van der Waals surface area contributed by atoms with E-state index < -0.39 is 34.3 Å². The fraction of sp³-hybridized carbons (Fsp3) is 0.500. The number of benzene rings is 1. The molecule has 2 rings (SSSR count). The molecule has 1 aromatic carbocycles. The van der Waals surface area contributed by atoms with Crippen LogP contribution in [0, 0.1) is 5.82 Å². The molecule has 1 amide bonds. The number of piperidine rings is 1. The maximum Gasteiger partial charge on any atom is 0.323 e. The first-order chi connectivity index (χ1) is 12.2. The molecule has 26 heavy (non-hydrogen) atoms. The molecule has 0 unspecified atom stereocenters. The summed E-state index contributed by atoms with van der Waals surface area (Å²) in [5, 5.41) is 9.08. The van der Waals surface area contributed by atoms with Crippen molar-refractivity contribution >= 4 is 21.9 Å². The van der Waals surface area contributed by atoms with Crippen LogP contribution < -0.4 is 4.74 Å². The van der Waals surface area contributed by atoms with E-state index in [4.69, 9.17) is 9.84 Å². The average Bonchev–Trinajstić information content (AvgIpc) is 2.58. The number of hydrogen-bond donors (Lipinski definition) is 1. The van der Waals surface area contributed by atoms with Gasteiger partial charge in [-0.1, -0.05) is 0 Å². The Labute approximate surface area is 151 Å². The van der Waals surface area contributed by atoms with E-state index in [1.807, 2.05) is 0 Å². The molecular formula is C16H21FN2O6S. The second-order valence-electron chi connectivity index (χ2n) is 6.05. The summed E-state index contributed by atoms with van der Waals surface area (Å²) in [6, 6.07) is 4.74. The van der Waals surface area contributed by atoms with Crippen molar-refractivity contribution in [3.8, 4) is 5.75 Å². The Balaban J connectivity index is 1.98. The van der Waals surface area contributed by atoms with Crippen LogP contribution in [0.1, 0.15) is 12.8 Å². The summed E-state index contributed by atoms with van der Waals surface area (Å²) in [4.78, 5) is 24.7. The second kappa shape index (κ2) is 8.45. The van der Waals surface area contributed by atoms with Crippen LogP contribution in [0.3, 0.4) is 0 Å². The number of carbonyl (C=O) groups is 2. The number of carbonyl (C=O) groups excluding carboxylic acids is 1. The highest BCUT2D eigenvalue weighted by atomic mass is 32.2. The lowest BCUT2D eigenvalue weighted by molar-refractivity contribution is -0.147. The molecule has 10 heteroatoms. The number of rotatable bonds is 7. The molecule has 0 spiro atoms. The number of aliphatic carboxylic acids is 1. The van der Waals surface area contributed by atoms with Gasteiger partial charge in [0.15, 0.2) is 6.61 Å². The molecule has 1 saturated heterocycles. The van der Waals surface area contributed by atoms with E-state index in [2.05, 4.69) is 0 Å². The van der Waals surface area contributed by atoms with Gasteiger partial charge >= 0.3 is 5.97 Å². The Bertz CT molecular complexity index is 745. The lowest BCUT2D eigenvalue weighted by Gasteiger charge is -2.36. The van der Waals surface area contributed by atoms with Gasteiger partial charge < -0.3 is 14.7 Å². The summed E-state index contributed by atoms with van der Waals surface area (Å²) in [5.41, 5.74) is 0. The van der Waals surface area contributed by atoms with E-state index in [9.17, 15) is 22.4 Å². The molecule has 0 radical (unpaired) electrons. The van der Waals surface area contributed by atoms with Crippen molar-refractivity contribution in [2.75, 3.05) is 32.5 Å². The highest BCUT2D eigenvalue weighted by Crippen LogP contribution is 2.19. The molecule has 1 N–H and O–H groups in total. The van der Waals surface area contributed by atoms with Crippen LogP contribution in [0.5, 0.6) is 5.75 Å². The van der Waals surface area contributed by atoms with E-state index in [1.54, 1.807) is 0 Å². The number of sulfonamides is 1. The minimum absolute atomic E-state index is 0.228. The number of carboxylic acids is 1. The summed E-state index contributed by atoms with van der Waals surface area (Å²) in [6.45, 7) is -0.419. The Hall–Kier alpha value is -2.20. The van der Waals surface area contributed by atoms with E-state index in [1.165, 1.54) is 33.5 Å². The zero-order chi connectivity index (χ0) is 19.3. The van der Waals surface area contributed by atoms with Gasteiger partial charge in [0.05, 0.1) is 6.26 Å². The zero-order valence-corrected chi connectivity index (χ0v) is 15.1. The lowest BCUT2D eigenvalue weighted by Crippen LogP contribution is -2.51. The Morgan fingerprint density at radius 3 is 2.35 bits per heavy atom. The molecule has 1 aliphatic rings. The maximum atomic E-state index is 12.9. The molecule has 0 bridgehead atoms. The first-order valence-corrected chi connectivity index (χ1v) is 9.86. The van der Waals surface area contributed by atoms with Crippen molar-refractivity contribution in [1.29, 1.82) is 0 Å². The monoisotopic (exact) mass is 388 g/mol. The normalized spacial score (nSPS) is 16.2. The fourth-order valence-corrected chi connectivity index (χ4v) is 3.69. The molecule has 8 nitrogen and oxygen atoms in total. The van der Waals surface area contributed by atoms with Gasteiger partial charge in [0.25, 0.3) is 5.91 Å². The summed E-state index contributed by atoms with van der Waals surface area (Å²) in [5.74, 6) is -1.82. The number of carboxylic acid groups (broad SMARTS) is 1. The highest BCUT2D eigenvalue weighted by Gasteiger charge is 2.32. The van der Waals surface area contributed by atoms with Gasteiger partial charge in [0.1, 0.15) is 18.1 Å². The van der Waals surface area contributed by atoms with Crippen molar-refractivity contribution in [2.45, 2.75) is 18.9 Å². The van der Waals surface area contributed by atoms with Crippen LogP contribution in [0.15, 0.2) is 24.3 Å². The van der Waals surface area contributed by atoms with Crippen molar-refractivity contribution in [3.05, 3.63) is 30.1 Å². The zero-order valence-electron chi connectivity index (χ0n) is 14.3. The number of hydrogen-bond acceptors (Lipinski definition) is 5. The molecule has 1 fully saturated rings. The summed E-state index contributed by atoms with van der Waals surface area (Å²) >= 11 is 0. The van der Waals surface area contributed by atoms with Gasteiger partial charge in [0.2, 0.25) is 10.0 Å². The molecule has 0 aromatic heterocycles. The number of ether oxygens (including phenoxy) is 1. The average molecular weight is 388 g/mol. The minimum Gasteiger partial charge on any atom is -0.484 e. The molecule has 144 valence electrons. The number of amides is 1. The maximum absolute atomic E-state index is 12.9. The number of halogens is 1. The van der Waals surface area contributed by atoms with Crippen LogP contribution in [-0.4, -0.2) is 73.1 Å². The molecule has 0 atom stereocenters. The highest BCUT2D eigenvalue weighted by molar-refractivity contribution is 7.88. The van der Waals surface area contributed by atoms with Gasteiger partial charge in [-0.2, -0.15) is 0 Å². The molecular weight excluding hydrogens is 367 g/mol. The third kappa shape index (κ3) is 5.67. The smallest absolute Gasteiger partial charge is 0.323 e. The lowest BCUT2D eigenvalue weighted by atomic mass is 10.0. The molecule has 0 saturated carbocycles. The third-order valence-electron chi connectivity index (χ3n) is 4.14. The van der Waals surface area contributed by atoms with Crippen molar-refractivity contribution in [3.63, 3.8) is 0 Å². The number of nitrogens with zero attached hydrogens (tertiary/aromatic N) is 2. The largest absolute Gasteiger partial charge is 0.484 e. The Kier molecular flexibility index (Phi) is 6.54. The molecule has 1 aromatic rings. The topological polar surface area (TPSA) is 104 Å². The quantitative estimate of drug-likeness (QED) is 0.731. The predicted octanol–water partition coefficient (Wildman–Crippen LogP) is 0.542. The van der Waals surface area contributed by atoms with Gasteiger partial charge in [-0.15, -0.1) is 0 Å². The Morgan fingerprint density at radius 1 is 1.27 bits per heavy atom. The van der Waals surface area contributed by atoms with E-state index in [0.29, 0.717) is 18.6 Å². The van der Waals surface area contributed by atoms with Gasteiger partial charge in [-0.05, 0) is 37.1 Å². The van der Waals surface area contributed by atoms with Crippen LogP contribution in [0.2, 0.25) is 0 Å². The third-order valence-corrected chi connectivity index (χ3v) is 5.44. The first kappa shape index (κ1) is 20.1. The van der Waals surface area contributed by atoms with E-state index >= 15 is 0 Å². The second-order valence-corrected chi connectivity index (χ2v) is 8.03. The Morgan fingerprint density at radius 2 is 1.85 bits per heavy atom. The van der Waals surface area contributed by atoms with E-state index in [-0.39, 0.29) is 25.7 Å². The molecule has 0 aliphatic carbocycles. The molecule has 1 aliphatic heterocycles. The fourth-order valence-electron chi connectivity index (χ4n) is 2.81. The minimum atomic E-state index is -3.31. The summed E-state index contributed by atoms with van der Waals surface area (Å²) < 4.78 is 42.6. The standard InChI is InChI=1S/C16H21FN2O6S/c1-26(23,24)18-8-6-13(7-9-18)19(10-16(21)22)15(20)11-25-14-4-2-12(17)3-5-14/h2-5,13H,6-11H2,1H3,(H,21,22). The van der Waals surface area contributed by atoms with Crippen molar-refractivity contribution in [1.82, 2.24) is 9.21 Å². The molecule has 1 heterocycles. The van der Waals surface area contributed by atoms with Gasteiger partial charge in [0, 0.05) is 19.1 Å². The van der Waals surface area contributed by atoms with Crippen molar-refractivity contribution in [2.24, 2.45) is 0 Å². The van der Waals surface area contributed by atoms with Crippen LogP contribution in [0.25, 0.3) is 0 Å². The van der Waals surface area contributed by atoms with Gasteiger partial charge in [-0.25, -0.2) is 17.1 Å². The SMILES string of the molecule is CS(=O)(=O)N1CCC(N(CC(=O)O)C(=O)COc2ccc(F)cc2)CC1. The van der Waals surface area contributed by atoms with Crippen molar-refractivity contribution < 1.29 is 32.2 Å². The van der Waals surface area contributed by atoms with E-state index in [0.717, 1.165) is 6.26 Å². The van der Waals surface area contributed by atoms with Crippen LogP contribution in [0.4, 0.5) is 4.39 Å². The van der Waals surface area contributed by atoms with Crippen LogP contribution >= 0.6 is 0 Å². The summed E-state index contributed by atoms with van der Waals surface area (Å²) in [6.07, 6.45) is 1.81. The van der Waals surface area contributed by atoms with Gasteiger partial charge in [-0.3, -0.25) is 9.59 Å². The summed E-state index contributed by atoms with van der Waals surface area (Å²) in [7, 11) is -3.31. The van der Waals surface area contributed by atoms with Crippen LogP contribution in [-0.2, 0) is 19.6 Å². The predicted molar refractivity (Wildman–Crippen MR) is 90.7 cm³/mol. The first-order valence-electron chi connectivity index (χ1n) is 8.01.